The fourth-order valence-electron chi connectivity index (χ4n) is 2.25. The van der Waals surface area contributed by atoms with Gasteiger partial charge >= 0.3 is 0 Å². The molecule has 0 bridgehead atoms. The molecule has 0 spiro atoms. The van der Waals surface area contributed by atoms with E-state index in [2.05, 4.69) is 53.2 Å². The van der Waals surface area contributed by atoms with Crippen molar-refractivity contribution in [3.63, 3.8) is 0 Å². The highest BCUT2D eigenvalue weighted by molar-refractivity contribution is 7.99. The lowest BCUT2D eigenvalue weighted by atomic mass is 10.1. The minimum atomic E-state index is 0.983. The molecule has 100 valence electrons. The number of hydrogen-bond donors (Lipinski definition) is 1. The normalized spacial score (nSPS) is 17.6. The van der Waals surface area contributed by atoms with Crippen LogP contribution in [0.2, 0.25) is 0 Å². The summed E-state index contributed by atoms with van der Waals surface area (Å²) < 4.78 is 0. The van der Waals surface area contributed by atoms with Crippen LogP contribution in [0.25, 0.3) is 0 Å². The Morgan fingerprint density at radius 2 is 1.89 bits per heavy atom. The van der Waals surface area contributed by atoms with E-state index in [1.165, 1.54) is 42.1 Å². The molecule has 2 nitrogen and oxygen atoms in total. The van der Waals surface area contributed by atoms with Crippen molar-refractivity contribution in [1.82, 2.24) is 10.2 Å². The molecule has 0 aliphatic carbocycles. The van der Waals surface area contributed by atoms with Crippen LogP contribution in [0.3, 0.4) is 0 Å². The Labute approximate surface area is 115 Å². The largest absolute Gasteiger partial charge is 0.313 e. The van der Waals surface area contributed by atoms with Gasteiger partial charge in [0.05, 0.1) is 0 Å². The van der Waals surface area contributed by atoms with Gasteiger partial charge in [0.15, 0.2) is 0 Å². The molecule has 1 saturated heterocycles. The standard InChI is InChI=1S/C15H24N2S/c1-2-16-12-14-4-6-15(7-5-14)13-17-8-3-10-18-11-9-17/h4-7,16H,2-3,8-13H2,1H3. The van der Waals surface area contributed by atoms with Crippen molar-refractivity contribution in [3.8, 4) is 0 Å². The van der Waals surface area contributed by atoms with Crippen molar-refractivity contribution in [2.24, 2.45) is 0 Å². The minimum Gasteiger partial charge on any atom is -0.313 e. The molecule has 0 atom stereocenters. The van der Waals surface area contributed by atoms with E-state index in [0.717, 1.165) is 19.6 Å². The van der Waals surface area contributed by atoms with Gasteiger partial charge in [-0.25, -0.2) is 0 Å². The summed E-state index contributed by atoms with van der Waals surface area (Å²) in [5.74, 6) is 2.62. The Balaban J connectivity index is 1.84. The molecule has 1 aliphatic rings. The summed E-state index contributed by atoms with van der Waals surface area (Å²) in [6.45, 7) is 7.77. The summed E-state index contributed by atoms with van der Waals surface area (Å²) in [5.41, 5.74) is 2.83. The number of nitrogens with zero attached hydrogens (tertiary/aromatic N) is 1. The van der Waals surface area contributed by atoms with Gasteiger partial charge < -0.3 is 5.32 Å². The van der Waals surface area contributed by atoms with Gasteiger partial charge in [0.2, 0.25) is 0 Å². The zero-order valence-electron chi connectivity index (χ0n) is 11.3. The van der Waals surface area contributed by atoms with Crippen molar-refractivity contribution >= 4 is 11.8 Å². The summed E-state index contributed by atoms with van der Waals surface area (Å²) in [6.07, 6.45) is 1.34. The maximum absolute atomic E-state index is 3.36. The van der Waals surface area contributed by atoms with E-state index in [1.807, 2.05) is 0 Å². The maximum Gasteiger partial charge on any atom is 0.0234 e. The Bertz CT molecular complexity index is 329. The first-order valence-corrected chi connectivity index (χ1v) is 8.12. The molecule has 1 N–H and O–H groups in total. The minimum absolute atomic E-state index is 0.983. The number of nitrogens with one attached hydrogen (secondary N) is 1. The van der Waals surface area contributed by atoms with Crippen LogP contribution >= 0.6 is 11.8 Å². The second kappa shape index (κ2) is 7.82. The molecular weight excluding hydrogens is 240 g/mol. The monoisotopic (exact) mass is 264 g/mol. The molecular formula is C15H24N2S. The van der Waals surface area contributed by atoms with Gasteiger partial charge in [0, 0.05) is 25.4 Å². The average Bonchev–Trinajstić information content (AvgIpc) is 2.67. The molecule has 0 radical (unpaired) electrons. The van der Waals surface area contributed by atoms with Crippen molar-refractivity contribution in [1.29, 1.82) is 0 Å². The molecule has 1 aliphatic heterocycles. The zero-order valence-corrected chi connectivity index (χ0v) is 12.1. The molecule has 0 saturated carbocycles. The number of hydrogen-bond acceptors (Lipinski definition) is 3. The van der Waals surface area contributed by atoms with Gasteiger partial charge in [-0.3, -0.25) is 4.90 Å². The second-order valence-corrected chi connectivity index (χ2v) is 6.06. The maximum atomic E-state index is 3.36. The van der Waals surface area contributed by atoms with E-state index >= 15 is 0 Å². The summed E-state index contributed by atoms with van der Waals surface area (Å²) in [4.78, 5) is 2.58. The lowest BCUT2D eigenvalue weighted by molar-refractivity contribution is 0.287. The third-order valence-corrected chi connectivity index (χ3v) is 4.37. The SMILES string of the molecule is CCNCc1ccc(CN2CCCSCC2)cc1. The van der Waals surface area contributed by atoms with E-state index in [-0.39, 0.29) is 0 Å². The van der Waals surface area contributed by atoms with E-state index in [1.54, 1.807) is 0 Å². The lowest BCUT2D eigenvalue weighted by Gasteiger charge is -2.19. The molecule has 18 heavy (non-hydrogen) atoms. The Morgan fingerprint density at radius 1 is 1.11 bits per heavy atom. The van der Waals surface area contributed by atoms with Gasteiger partial charge in [0.25, 0.3) is 0 Å². The van der Waals surface area contributed by atoms with E-state index in [4.69, 9.17) is 0 Å². The van der Waals surface area contributed by atoms with E-state index in [0.29, 0.717) is 0 Å². The Morgan fingerprint density at radius 3 is 2.67 bits per heavy atom. The van der Waals surface area contributed by atoms with E-state index in [9.17, 15) is 0 Å². The van der Waals surface area contributed by atoms with Crippen molar-refractivity contribution in [2.75, 3.05) is 31.1 Å². The molecule has 0 unspecified atom stereocenters. The molecule has 3 heteroatoms. The van der Waals surface area contributed by atoms with Gasteiger partial charge in [-0.15, -0.1) is 0 Å². The fourth-order valence-corrected chi connectivity index (χ4v) is 3.17. The quantitative estimate of drug-likeness (QED) is 0.880. The third-order valence-electron chi connectivity index (χ3n) is 3.32. The third kappa shape index (κ3) is 4.63. The van der Waals surface area contributed by atoms with Crippen LogP contribution in [-0.4, -0.2) is 36.0 Å². The molecule has 1 aromatic rings. The van der Waals surface area contributed by atoms with Gasteiger partial charge in [0.1, 0.15) is 0 Å². The second-order valence-electron chi connectivity index (χ2n) is 4.84. The summed E-state index contributed by atoms with van der Waals surface area (Å²) in [6, 6.07) is 9.07. The molecule has 2 rings (SSSR count). The van der Waals surface area contributed by atoms with Gasteiger partial charge in [-0.05, 0) is 36.4 Å². The predicted molar refractivity (Wildman–Crippen MR) is 81.0 cm³/mol. The van der Waals surface area contributed by atoms with Gasteiger partial charge in [-0.1, -0.05) is 31.2 Å². The van der Waals surface area contributed by atoms with Crippen LogP contribution in [0, 0.1) is 0 Å². The first-order valence-electron chi connectivity index (χ1n) is 6.97. The first kappa shape index (κ1) is 13.9. The Kier molecular flexibility index (Phi) is 6.05. The first-order chi connectivity index (χ1) is 8.88. The van der Waals surface area contributed by atoms with Gasteiger partial charge in [-0.2, -0.15) is 11.8 Å². The van der Waals surface area contributed by atoms with Crippen LogP contribution < -0.4 is 5.32 Å². The number of benzene rings is 1. The molecule has 1 aromatic carbocycles. The average molecular weight is 264 g/mol. The summed E-state index contributed by atoms with van der Waals surface area (Å²) in [7, 11) is 0. The highest BCUT2D eigenvalue weighted by atomic mass is 32.2. The van der Waals surface area contributed by atoms with Crippen molar-refractivity contribution in [3.05, 3.63) is 35.4 Å². The summed E-state index contributed by atoms with van der Waals surface area (Å²) in [5, 5.41) is 3.36. The van der Waals surface area contributed by atoms with Crippen molar-refractivity contribution in [2.45, 2.75) is 26.4 Å². The molecule has 0 amide bonds. The molecule has 0 aromatic heterocycles. The zero-order chi connectivity index (χ0) is 12.6. The predicted octanol–water partition coefficient (Wildman–Crippen LogP) is 2.74. The molecule has 1 fully saturated rings. The summed E-state index contributed by atoms with van der Waals surface area (Å²) >= 11 is 2.09. The fraction of sp³-hybridized carbons (Fsp3) is 0.600. The highest BCUT2D eigenvalue weighted by Crippen LogP contribution is 2.13. The van der Waals surface area contributed by atoms with Crippen molar-refractivity contribution < 1.29 is 0 Å². The number of rotatable bonds is 5. The Hall–Kier alpha value is -0.510. The highest BCUT2D eigenvalue weighted by Gasteiger charge is 2.09. The van der Waals surface area contributed by atoms with E-state index < -0.39 is 0 Å². The van der Waals surface area contributed by atoms with Crippen LogP contribution in [0.1, 0.15) is 24.5 Å². The topological polar surface area (TPSA) is 15.3 Å². The smallest absolute Gasteiger partial charge is 0.0234 e. The van der Waals surface area contributed by atoms with Crippen LogP contribution in [-0.2, 0) is 13.1 Å². The van der Waals surface area contributed by atoms with Crippen LogP contribution in [0.15, 0.2) is 24.3 Å². The van der Waals surface area contributed by atoms with Crippen LogP contribution in [0.4, 0.5) is 0 Å². The number of thioether (sulfide) groups is 1. The van der Waals surface area contributed by atoms with Crippen LogP contribution in [0.5, 0.6) is 0 Å². The molecule has 1 heterocycles. The lowest BCUT2D eigenvalue weighted by Crippen LogP contribution is -2.25.